The van der Waals surface area contributed by atoms with Gasteiger partial charge in [0.05, 0.1) is 17.7 Å². The van der Waals surface area contributed by atoms with Crippen molar-refractivity contribution >= 4 is 33.5 Å². The minimum Gasteiger partial charge on any atom is -0.496 e. The number of hydrogen-bond donors (Lipinski definition) is 2. The zero-order valence-electron chi connectivity index (χ0n) is 11.9. The Bertz CT molecular complexity index is 636. The number of nitrogens with zero attached hydrogens (tertiary/aromatic N) is 3. The van der Waals surface area contributed by atoms with Gasteiger partial charge in [0.2, 0.25) is 11.9 Å². The van der Waals surface area contributed by atoms with E-state index in [9.17, 15) is 0 Å². The lowest BCUT2D eigenvalue weighted by atomic mass is 10.3. The number of nitrogens with one attached hydrogen (secondary N) is 1. The van der Waals surface area contributed by atoms with Gasteiger partial charge in [0.25, 0.3) is 0 Å². The molecule has 0 unspecified atom stereocenters. The maximum atomic E-state index is 5.65. The molecule has 0 fully saturated rings. The van der Waals surface area contributed by atoms with Gasteiger partial charge in [-0.1, -0.05) is 0 Å². The molecule has 0 atom stereocenters. The summed E-state index contributed by atoms with van der Waals surface area (Å²) in [6.45, 7) is 3.77. The van der Waals surface area contributed by atoms with E-state index in [1.807, 2.05) is 32.0 Å². The van der Waals surface area contributed by atoms with Crippen molar-refractivity contribution in [3.05, 3.63) is 22.7 Å². The number of nitrogens with two attached hydrogens (primary N) is 1. The van der Waals surface area contributed by atoms with E-state index in [0.717, 1.165) is 15.9 Å². The lowest BCUT2D eigenvalue weighted by molar-refractivity contribution is 0.222. The van der Waals surface area contributed by atoms with Crippen LogP contribution in [0.15, 0.2) is 22.7 Å². The van der Waals surface area contributed by atoms with Gasteiger partial charge in [0, 0.05) is 5.69 Å². The van der Waals surface area contributed by atoms with E-state index < -0.39 is 0 Å². The second kappa shape index (κ2) is 6.57. The highest BCUT2D eigenvalue weighted by atomic mass is 79.9. The molecule has 3 N–H and O–H groups in total. The Hall–Kier alpha value is -2.09. The number of ether oxygens (including phenoxy) is 2. The molecule has 0 aliphatic rings. The second-order valence-electron chi connectivity index (χ2n) is 4.44. The Labute approximate surface area is 131 Å². The van der Waals surface area contributed by atoms with Gasteiger partial charge in [-0.25, -0.2) is 0 Å². The summed E-state index contributed by atoms with van der Waals surface area (Å²) in [5, 5.41) is 3.04. The van der Waals surface area contributed by atoms with Gasteiger partial charge in [-0.05, 0) is 48.0 Å². The quantitative estimate of drug-likeness (QED) is 0.852. The van der Waals surface area contributed by atoms with E-state index in [2.05, 4.69) is 36.2 Å². The molecule has 8 heteroatoms. The molecule has 0 saturated carbocycles. The molecule has 0 bridgehead atoms. The van der Waals surface area contributed by atoms with Crippen molar-refractivity contribution in [2.45, 2.75) is 20.0 Å². The lowest BCUT2D eigenvalue weighted by Crippen LogP contribution is -2.11. The maximum Gasteiger partial charge on any atom is 0.323 e. The summed E-state index contributed by atoms with van der Waals surface area (Å²) in [5.41, 5.74) is 6.43. The van der Waals surface area contributed by atoms with Gasteiger partial charge in [0.15, 0.2) is 0 Å². The molecule has 1 aromatic heterocycles. The number of methoxy groups -OCH3 is 1. The Morgan fingerprint density at radius 2 is 2.00 bits per heavy atom. The SMILES string of the molecule is COc1ccc(Nc2nc(N)nc(OC(C)C)n2)cc1Br. The van der Waals surface area contributed by atoms with Crippen LogP contribution in [0.3, 0.4) is 0 Å². The average Bonchev–Trinajstić information content (AvgIpc) is 2.37. The van der Waals surface area contributed by atoms with Crippen LogP contribution in [0.25, 0.3) is 0 Å². The summed E-state index contributed by atoms with van der Waals surface area (Å²) in [5.74, 6) is 1.14. The van der Waals surface area contributed by atoms with Gasteiger partial charge in [-0.3, -0.25) is 0 Å². The van der Waals surface area contributed by atoms with E-state index >= 15 is 0 Å². The summed E-state index contributed by atoms with van der Waals surface area (Å²) < 4.78 is 11.4. The third-order valence-electron chi connectivity index (χ3n) is 2.38. The van der Waals surface area contributed by atoms with Crippen molar-refractivity contribution in [3.63, 3.8) is 0 Å². The number of halogens is 1. The summed E-state index contributed by atoms with van der Waals surface area (Å²) in [7, 11) is 1.61. The van der Waals surface area contributed by atoms with Crippen LogP contribution in [0.5, 0.6) is 11.8 Å². The van der Waals surface area contributed by atoms with Gasteiger partial charge in [-0.15, -0.1) is 0 Å². The van der Waals surface area contributed by atoms with E-state index in [0.29, 0.717) is 5.95 Å². The standard InChI is InChI=1S/C13H16BrN5O2/c1-7(2)21-13-18-11(15)17-12(19-13)16-8-4-5-10(20-3)9(14)6-8/h4-7H,1-3H3,(H3,15,16,17,18,19). The van der Waals surface area contributed by atoms with Crippen molar-refractivity contribution in [1.82, 2.24) is 15.0 Å². The predicted molar refractivity (Wildman–Crippen MR) is 84.0 cm³/mol. The summed E-state index contributed by atoms with van der Waals surface area (Å²) in [6, 6.07) is 5.70. The Balaban J connectivity index is 2.22. The third kappa shape index (κ3) is 4.19. The van der Waals surface area contributed by atoms with Crippen LogP contribution in [0.4, 0.5) is 17.6 Å². The molecule has 0 amide bonds. The fourth-order valence-corrected chi connectivity index (χ4v) is 2.11. The topological polar surface area (TPSA) is 95.2 Å². The number of benzene rings is 1. The maximum absolute atomic E-state index is 5.65. The fraction of sp³-hybridized carbons (Fsp3) is 0.308. The molecule has 112 valence electrons. The number of nitrogen functional groups attached to an aromatic ring is 1. The molecule has 1 heterocycles. The predicted octanol–water partition coefficient (Wildman–Crippen LogP) is 2.76. The van der Waals surface area contributed by atoms with Crippen LogP contribution in [0, 0.1) is 0 Å². The molecule has 7 nitrogen and oxygen atoms in total. The molecule has 0 radical (unpaired) electrons. The van der Waals surface area contributed by atoms with Gasteiger partial charge >= 0.3 is 6.01 Å². The molecule has 0 spiro atoms. The average molecular weight is 354 g/mol. The van der Waals surface area contributed by atoms with Crippen molar-refractivity contribution in [2.75, 3.05) is 18.2 Å². The van der Waals surface area contributed by atoms with E-state index in [1.54, 1.807) is 7.11 Å². The minimum atomic E-state index is -0.0465. The van der Waals surface area contributed by atoms with Crippen molar-refractivity contribution in [1.29, 1.82) is 0 Å². The number of anilines is 3. The third-order valence-corrected chi connectivity index (χ3v) is 3.00. The molecular weight excluding hydrogens is 338 g/mol. The van der Waals surface area contributed by atoms with Crippen molar-refractivity contribution in [3.8, 4) is 11.8 Å². The summed E-state index contributed by atoms with van der Waals surface area (Å²) in [4.78, 5) is 12.1. The highest BCUT2D eigenvalue weighted by molar-refractivity contribution is 9.10. The highest BCUT2D eigenvalue weighted by Gasteiger charge is 2.08. The van der Waals surface area contributed by atoms with Crippen LogP contribution >= 0.6 is 15.9 Å². The first-order valence-corrected chi connectivity index (χ1v) is 7.06. The van der Waals surface area contributed by atoms with Crippen LogP contribution in [0.2, 0.25) is 0 Å². The molecule has 1 aromatic carbocycles. The van der Waals surface area contributed by atoms with Crippen molar-refractivity contribution in [2.24, 2.45) is 0 Å². The normalized spacial score (nSPS) is 10.5. The van der Waals surface area contributed by atoms with Gasteiger partial charge in [-0.2, -0.15) is 15.0 Å². The van der Waals surface area contributed by atoms with E-state index in [4.69, 9.17) is 15.2 Å². The van der Waals surface area contributed by atoms with Crippen molar-refractivity contribution < 1.29 is 9.47 Å². The highest BCUT2D eigenvalue weighted by Crippen LogP contribution is 2.28. The Kier molecular flexibility index (Phi) is 4.79. The number of aromatic nitrogens is 3. The zero-order chi connectivity index (χ0) is 15.4. The van der Waals surface area contributed by atoms with Crippen LogP contribution < -0.4 is 20.5 Å². The summed E-state index contributed by atoms with van der Waals surface area (Å²) >= 11 is 3.41. The molecular formula is C13H16BrN5O2. The molecule has 0 saturated heterocycles. The smallest absolute Gasteiger partial charge is 0.323 e. The summed E-state index contributed by atoms with van der Waals surface area (Å²) in [6.07, 6.45) is -0.0465. The first-order valence-electron chi connectivity index (χ1n) is 6.26. The zero-order valence-corrected chi connectivity index (χ0v) is 13.5. The molecule has 21 heavy (non-hydrogen) atoms. The second-order valence-corrected chi connectivity index (χ2v) is 5.30. The first-order chi connectivity index (χ1) is 9.97. The molecule has 2 aromatic rings. The Morgan fingerprint density at radius 3 is 2.62 bits per heavy atom. The van der Waals surface area contributed by atoms with Crippen LogP contribution in [0.1, 0.15) is 13.8 Å². The van der Waals surface area contributed by atoms with Gasteiger partial charge < -0.3 is 20.5 Å². The number of hydrogen-bond acceptors (Lipinski definition) is 7. The fourth-order valence-electron chi connectivity index (χ4n) is 1.56. The monoisotopic (exact) mass is 353 g/mol. The Morgan fingerprint density at radius 1 is 1.24 bits per heavy atom. The lowest BCUT2D eigenvalue weighted by Gasteiger charge is -2.11. The molecule has 0 aliphatic heterocycles. The minimum absolute atomic E-state index is 0.0465. The number of rotatable bonds is 5. The first kappa shape index (κ1) is 15.3. The van der Waals surface area contributed by atoms with Crippen LogP contribution in [-0.2, 0) is 0 Å². The molecule has 2 rings (SSSR count). The largest absolute Gasteiger partial charge is 0.496 e. The molecule has 0 aliphatic carbocycles. The van der Waals surface area contributed by atoms with Gasteiger partial charge in [0.1, 0.15) is 5.75 Å². The van der Waals surface area contributed by atoms with Crippen LogP contribution in [-0.4, -0.2) is 28.2 Å². The van der Waals surface area contributed by atoms with E-state index in [-0.39, 0.29) is 18.1 Å². The van der Waals surface area contributed by atoms with E-state index in [1.165, 1.54) is 0 Å².